The Morgan fingerprint density at radius 1 is 0.867 bits per heavy atom. The lowest BCUT2D eigenvalue weighted by Gasteiger charge is -2.33. The first-order chi connectivity index (χ1) is 6.60. The lowest BCUT2D eigenvalue weighted by Crippen LogP contribution is -2.22. The fraction of sp³-hybridized carbons (Fsp3) is 0.714. The molecule has 1 aliphatic heterocycles. The molecule has 0 bridgehead atoms. The van der Waals surface area contributed by atoms with Crippen molar-refractivity contribution in [2.75, 3.05) is 0 Å². The topological polar surface area (TPSA) is 9.23 Å². The molecule has 1 heterocycles. The van der Waals surface area contributed by atoms with Gasteiger partial charge in [-0.25, -0.2) is 0 Å². The average Bonchev–Trinajstić information content (AvgIpc) is 1.99. The Hall–Kier alpha value is -0.720. The summed E-state index contributed by atoms with van der Waals surface area (Å²) in [6, 6.07) is 0. The van der Waals surface area contributed by atoms with Crippen molar-refractivity contribution in [1.82, 2.24) is 0 Å². The Balaban J connectivity index is 2.94. The van der Waals surface area contributed by atoms with Crippen LogP contribution in [0.1, 0.15) is 48.5 Å². The van der Waals surface area contributed by atoms with Crippen LogP contribution in [0.2, 0.25) is 0 Å². The van der Waals surface area contributed by atoms with E-state index in [0.29, 0.717) is 5.92 Å². The summed E-state index contributed by atoms with van der Waals surface area (Å²) in [5, 5.41) is 0. The van der Waals surface area contributed by atoms with Gasteiger partial charge in [0.15, 0.2) is 0 Å². The van der Waals surface area contributed by atoms with Gasteiger partial charge in [-0.05, 0) is 18.1 Å². The zero-order chi connectivity index (χ0) is 11.9. The number of hydrogen-bond donors (Lipinski definition) is 0. The third-order valence-electron chi connectivity index (χ3n) is 2.53. The molecule has 0 aromatic rings. The maximum absolute atomic E-state index is 6.01. The third kappa shape index (κ3) is 3.12. The quantitative estimate of drug-likeness (QED) is 0.569. The molecule has 0 aliphatic carbocycles. The first-order valence-electron chi connectivity index (χ1n) is 5.73. The molecular formula is C14H24O. The normalized spacial score (nSPS) is 19.4. The lowest BCUT2D eigenvalue weighted by atomic mass is 9.86. The molecule has 0 N–H and O–H groups in total. The zero-order valence-corrected chi connectivity index (χ0v) is 11.1. The highest BCUT2D eigenvalue weighted by molar-refractivity contribution is 5.20. The van der Waals surface area contributed by atoms with Crippen LogP contribution in [-0.4, -0.2) is 0 Å². The monoisotopic (exact) mass is 208 g/mol. The van der Waals surface area contributed by atoms with Gasteiger partial charge in [0, 0.05) is 10.8 Å². The molecule has 0 aromatic carbocycles. The predicted octanol–water partition coefficient (Wildman–Crippen LogP) is 4.51. The third-order valence-corrected chi connectivity index (χ3v) is 2.53. The van der Waals surface area contributed by atoms with Crippen LogP contribution >= 0.6 is 0 Å². The van der Waals surface area contributed by atoms with Crippen LogP contribution in [0.15, 0.2) is 23.7 Å². The number of allylic oxidation sites excluding steroid dienone is 4. The first kappa shape index (κ1) is 12.4. The Morgan fingerprint density at radius 2 is 1.20 bits per heavy atom. The van der Waals surface area contributed by atoms with Gasteiger partial charge >= 0.3 is 0 Å². The Labute approximate surface area is 94.2 Å². The van der Waals surface area contributed by atoms with E-state index in [1.165, 1.54) is 0 Å². The molecular weight excluding hydrogens is 184 g/mol. The smallest absolute Gasteiger partial charge is 0.106 e. The summed E-state index contributed by atoms with van der Waals surface area (Å²) in [5.74, 6) is 2.67. The Morgan fingerprint density at radius 3 is 1.47 bits per heavy atom. The lowest BCUT2D eigenvalue weighted by molar-refractivity contribution is 0.154. The second-order valence-corrected chi connectivity index (χ2v) is 6.52. The van der Waals surface area contributed by atoms with Gasteiger partial charge in [-0.3, -0.25) is 0 Å². The van der Waals surface area contributed by atoms with E-state index in [2.05, 4.69) is 60.6 Å². The molecule has 0 unspecified atom stereocenters. The van der Waals surface area contributed by atoms with Gasteiger partial charge in [0.1, 0.15) is 11.5 Å². The fourth-order valence-electron chi connectivity index (χ4n) is 1.52. The summed E-state index contributed by atoms with van der Waals surface area (Å²) in [7, 11) is 0. The summed E-state index contributed by atoms with van der Waals surface area (Å²) in [6.07, 6.45) is 4.43. The predicted molar refractivity (Wildman–Crippen MR) is 65.3 cm³/mol. The molecule has 15 heavy (non-hydrogen) atoms. The van der Waals surface area contributed by atoms with Crippen molar-refractivity contribution >= 4 is 0 Å². The van der Waals surface area contributed by atoms with Crippen molar-refractivity contribution in [3.63, 3.8) is 0 Å². The van der Waals surface area contributed by atoms with Crippen LogP contribution in [-0.2, 0) is 4.74 Å². The molecule has 0 saturated heterocycles. The van der Waals surface area contributed by atoms with E-state index in [-0.39, 0.29) is 10.8 Å². The summed E-state index contributed by atoms with van der Waals surface area (Å²) in [6.45, 7) is 15.4. The van der Waals surface area contributed by atoms with Crippen molar-refractivity contribution in [3.8, 4) is 0 Å². The van der Waals surface area contributed by atoms with Gasteiger partial charge in [0.2, 0.25) is 0 Å². The van der Waals surface area contributed by atoms with Gasteiger partial charge < -0.3 is 4.74 Å². The number of hydrogen-bond acceptors (Lipinski definition) is 1. The summed E-state index contributed by atoms with van der Waals surface area (Å²) in [4.78, 5) is 0. The van der Waals surface area contributed by atoms with Gasteiger partial charge in [0.05, 0.1) is 0 Å². The SMILES string of the molecule is CC1C=C(C(C)(C)C)OC(C(C)(C)C)=C1. The van der Waals surface area contributed by atoms with E-state index in [0.717, 1.165) is 11.5 Å². The summed E-state index contributed by atoms with van der Waals surface area (Å²) in [5.41, 5.74) is 0.193. The molecule has 0 amide bonds. The van der Waals surface area contributed by atoms with Gasteiger partial charge in [-0.2, -0.15) is 0 Å². The van der Waals surface area contributed by atoms with E-state index >= 15 is 0 Å². The maximum Gasteiger partial charge on any atom is 0.106 e. The molecule has 1 nitrogen and oxygen atoms in total. The highest BCUT2D eigenvalue weighted by Crippen LogP contribution is 2.38. The molecule has 0 aromatic heterocycles. The molecule has 1 heteroatoms. The van der Waals surface area contributed by atoms with E-state index in [1.54, 1.807) is 0 Å². The van der Waals surface area contributed by atoms with Crippen molar-refractivity contribution in [2.24, 2.45) is 16.7 Å². The van der Waals surface area contributed by atoms with Crippen LogP contribution in [0.4, 0.5) is 0 Å². The first-order valence-corrected chi connectivity index (χ1v) is 5.73. The maximum atomic E-state index is 6.01. The Bertz CT molecular complexity index is 264. The molecule has 0 radical (unpaired) electrons. The minimum Gasteiger partial charge on any atom is -0.466 e. The molecule has 0 saturated carbocycles. The number of ether oxygens (including phenoxy) is 1. The van der Waals surface area contributed by atoms with Crippen LogP contribution in [0.5, 0.6) is 0 Å². The summed E-state index contributed by atoms with van der Waals surface area (Å²) >= 11 is 0. The molecule has 0 atom stereocenters. The van der Waals surface area contributed by atoms with Crippen molar-refractivity contribution < 1.29 is 4.74 Å². The average molecular weight is 208 g/mol. The summed E-state index contributed by atoms with van der Waals surface area (Å²) < 4.78 is 6.01. The van der Waals surface area contributed by atoms with Gasteiger partial charge in [-0.15, -0.1) is 0 Å². The van der Waals surface area contributed by atoms with Crippen LogP contribution in [0.3, 0.4) is 0 Å². The minimum atomic E-state index is 0.0963. The zero-order valence-electron chi connectivity index (χ0n) is 11.1. The highest BCUT2D eigenvalue weighted by atomic mass is 16.5. The van der Waals surface area contributed by atoms with E-state index < -0.39 is 0 Å². The second kappa shape index (κ2) is 3.70. The van der Waals surface area contributed by atoms with Crippen molar-refractivity contribution in [1.29, 1.82) is 0 Å². The van der Waals surface area contributed by atoms with E-state index in [9.17, 15) is 0 Å². The fourth-order valence-corrected chi connectivity index (χ4v) is 1.52. The molecule has 0 fully saturated rings. The minimum absolute atomic E-state index is 0.0963. The van der Waals surface area contributed by atoms with Crippen molar-refractivity contribution in [3.05, 3.63) is 23.7 Å². The van der Waals surface area contributed by atoms with E-state index in [4.69, 9.17) is 4.74 Å². The van der Waals surface area contributed by atoms with Crippen LogP contribution in [0.25, 0.3) is 0 Å². The molecule has 86 valence electrons. The van der Waals surface area contributed by atoms with Gasteiger partial charge in [-0.1, -0.05) is 48.5 Å². The van der Waals surface area contributed by atoms with Crippen LogP contribution in [0, 0.1) is 16.7 Å². The molecule has 1 rings (SSSR count). The molecule has 0 spiro atoms. The standard InChI is InChI=1S/C14H24O/c1-10-8-11(13(2,3)4)15-12(9-10)14(5,6)7/h8-10H,1-7H3. The highest BCUT2D eigenvalue weighted by Gasteiger charge is 2.28. The van der Waals surface area contributed by atoms with E-state index in [1.807, 2.05) is 0 Å². The van der Waals surface area contributed by atoms with Gasteiger partial charge in [0.25, 0.3) is 0 Å². The molecule has 1 aliphatic rings. The van der Waals surface area contributed by atoms with Crippen molar-refractivity contribution in [2.45, 2.75) is 48.5 Å². The Kier molecular flexibility index (Phi) is 3.04. The van der Waals surface area contributed by atoms with Crippen LogP contribution < -0.4 is 0 Å². The second-order valence-electron chi connectivity index (χ2n) is 6.52. The largest absolute Gasteiger partial charge is 0.466 e. The number of rotatable bonds is 0.